The molecule has 2 aliphatic rings. The highest BCUT2D eigenvalue weighted by molar-refractivity contribution is 5.73. The van der Waals surface area contributed by atoms with Gasteiger partial charge in [0.05, 0.1) is 32.1 Å². The highest BCUT2D eigenvalue weighted by Crippen LogP contribution is 2.33. The van der Waals surface area contributed by atoms with E-state index in [1.54, 1.807) is 6.26 Å². The third-order valence-corrected chi connectivity index (χ3v) is 4.95. The number of ether oxygens (including phenoxy) is 1. The predicted octanol–water partition coefficient (Wildman–Crippen LogP) is 3.24. The number of carbonyl (C=O) groups is 1. The first kappa shape index (κ1) is 22.0. The van der Waals surface area contributed by atoms with Gasteiger partial charge >= 0.3 is 12.1 Å². The van der Waals surface area contributed by atoms with Gasteiger partial charge in [-0.25, -0.2) is 14.8 Å². The summed E-state index contributed by atoms with van der Waals surface area (Å²) in [6, 6.07) is 6.57. The van der Waals surface area contributed by atoms with Crippen molar-refractivity contribution >= 4 is 11.8 Å². The van der Waals surface area contributed by atoms with Crippen molar-refractivity contribution < 1.29 is 32.2 Å². The number of carboxylic acid groups (broad SMARTS) is 1. The zero-order valence-electron chi connectivity index (χ0n) is 16.1. The molecule has 0 bridgehead atoms. The normalized spacial score (nSPS) is 20.0. The predicted molar refractivity (Wildman–Crippen MR) is 99.7 cm³/mol. The molecule has 1 saturated carbocycles. The lowest BCUT2D eigenvalue weighted by Gasteiger charge is -2.44. The van der Waals surface area contributed by atoms with E-state index in [4.69, 9.17) is 24.0 Å². The van der Waals surface area contributed by atoms with Crippen LogP contribution in [0.15, 0.2) is 35.1 Å². The van der Waals surface area contributed by atoms with E-state index in [9.17, 15) is 13.2 Å². The van der Waals surface area contributed by atoms with E-state index >= 15 is 0 Å². The molecular formula is C19H23F3N4O4. The van der Waals surface area contributed by atoms with Crippen LogP contribution in [-0.2, 0) is 16.1 Å². The first-order chi connectivity index (χ1) is 14.3. The molecule has 11 heteroatoms. The molecule has 2 fully saturated rings. The van der Waals surface area contributed by atoms with Gasteiger partial charge in [-0.15, -0.1) is 0 Å². The van der Waals surface area contributed by atoms with Crippen LogP contribution in [0.4, 0.5) is 19.0 Å². The van der Waals surface area contributed by atoms with Gasteiger partial charge in [-0.2, -0.15) is 13.2 Å². The number of halogens is 3. The number of rotatable bonds is 5. The van der Waals surface area contributed by atoms with Crippen LogP contribution >= 0.6 is 0 Å². The Bertz CT molecular complexity index is 812. The maximum Gasteiger partial charge on any atom is 0.490 e. The lowest BCUT2D eigenvalue weighted by molar-refractivity contribution is -0.192. The van der Waals surface area contributed by atoms with Gasteiger partial charge in [0.25, 0.3) is 0 Å². The minimum atomic E-state index is -5.08. The molecular weight excluding hydrogens is 405 g/mol. The van der Waals surface area contributed by atoms with Crippen LogP contribution in [-0.4, -0.2) is 57.9 Å². The Kier molecular flexibility index (Phi) is 7.27. The van der Waals surface area contributed by atoms with Crippen molar-refractivity contribution in [1.29, 1.82) is 0 Å². The van der Waals surface area contributed by atoms with E-state index in [2.05, 4.69) is 15.2 Å². The summed E-state index contributed by atoms with van der Waals surface area (Å²) in [5.41, 5.74) is 0. The Hall–Kier alpha value is -2.66. The summed E-state index contributed by atoms with van der Waals surface area (Å²) < 4.78 is 42.8. The van der Waals surface area contributed by atoms with Crippen molar-refractivity contribution in [3.63, 3.8) is 0 Å². The zero-order valence-corrected chi connectivity index (χ0v) is 16.1. The van der Waals surface area contributed by atoms with Crippen LogP contribution in [0.5, 0.6) is 0 Å². The second-order valence-electron chi connectivity index (χ2n) is 6.95. The number of hydrogen-bond donors (Lipinski definition) is 2. The summed E-state index contributed by atoms with van der Waals surface area (Å²) in [4.78, 5) is 20.6. The topological polar surface area (TPSA) is 101 Å². The van der Waals surface area contributed by atoms with Gasteiger partial charge in [0, 0.05) is 18.8 Å². The minimum Gasteiger partial charge on any atom is -0.475 e. The molecule has 1 aliphatic carbocycles. The van der Waals surface area contributed by atoms with Crippen LogP contribution in [0.25, 0.3) is 0 Å². The summed E-state index contributed by atoms with van der Waals surface area (Å²) in [6.45, 7) is 3.08. The Morgan fingerprint density at radius 1 is 1.33 bits per heavy atom. The first-order valence-electron chi connectivity index (χ1n) is 9.57. The van der Waals surface area contributed by atoms with Gasteiger partial charge in [0.15, 0.2) is 0 Å². The maximum absolute atomic E-state index is 10.6. The maximum atomic E-state index is 10.6. The third-order valence-electron chi connectivity index (χ3n) is 4.95. The number of morpholine rings is 1. The molecule has 0 aromatic carbocycles. The molecule has 2 N–H and O–H groups in total. The van der Waals surface area contributed by atoms with Crippen molar-refractivity contribution in [2.24, 2.45) is 0 Å². The van der Waals surface area contributed by atoms with Crippen molar-refractivity contribution in [2.45, 2.75) is 44.1 Å². The molecule has 3 heterocycles. The number of furan rings is 1. The molecule has 0 radical (unpaired) electrons. The average Bonchev–Trinajstić information content (AvgIpc) is 3.19. The third kappa shape index (κ3) is 5.92. The van der Waals surface area contributed by atoms with Gasteiger partial charge < -0.3 is 19.6 Å². The average molecular weight is 428 g/mol. The van der Waals surface area contributed by atoms with E-state index < -0.39 is 12.1 Å². The monoisotopic (exact) mass is 428 g/mol. The number of nitrogens with one attached hydrogen (secondary N) is 1. The molecule has 1 aliphatic heterocycles. The van der Waals surface area contributed by atoms with Gasteiger partial charge in [0.1, 0.15) is 17.4 Å². The minimum absolute atomic E-state index is 0.166. The van der Waals surface area contributed by atoms with E-state index in [0.717, 1.165) is 30.6 Å². The lowest BCUT2D eigenvalue weighted by atomic mass is 9.90. The molecule has 8 nitrogen and oxygen atoms in total. The van der Waals surface area contributed by atoms with Crippen molar-refractivity contribution in [3.8, 4) is 0 Å². The van der Waals surface area contributed by atoms with E-state index in [1.807, 2.05) is 24.4 Å². The number of hydrogen-bond acceptors (Lipinski definition) is 7. The van der Waals surface area contributed by atoms with Crippen molar-refractivity contribution in [3.05, 3.63) is 42.2 Å². The Labute approximate surface area is 171 Å². The molecule has 164 valence electrons. The molecule has 0 amide bonds. The number of nitrogens with zero attached hydrogens (tertiary/aromatic N) is 3. The number of aliphatic carboxylic acids is 1. The highest BCUT2D eigenvalue weighted by atomic mass is 19.4. The quantitative estimate of drug-likeness (QED) is 0.749. The first-order valence-corrected chi connectivity index (χ1v) is 9.57. The fourth-order valence-electron chi connectivity index (χ4n) is 3.22. The summed E-state index contributed by atoms with van der Waals surface area (Å²) >= 11 is 0. The second kappa shape index (κ2) is 9.90. The number of carboxylic acids is 1. The van der Waals surface area contributed by atoms with Gasteiger partial charge in [-0.05, 0) is 31.0 Å². The Morgan fingerprint density at radius 2 is 2.10 bits per heavy atom. The lowest BCUT2D eigenvalue weighted by Crippen LogP contribution is -2.49. The molecule has 0 spiro atoms. The molecule has 2 aromatic heterocycles. The van der Waals surface area contributed by atoms with Crippen LogP contribution in [0.2, 0.25) is 0 Å². The molecule has 2 aromatic rings. The molecule has 1 unspecified atom stereocenters. The number of anilines is 1. The molecule has 1 atom stereocenters. The van der Waals surface area contributed by atoms with Gasteiger partial charge in [-0.3, -0.25) is 4.90 Å². The van der Waals surface area contributed by atoms with Crippen molar-refractivity contribution in [2.75, 3.05) is 25.1 Å². The van der Waals surface area contributed by atoms with Gasteiger partial charge in [-0.1, -0.05) is 6.42 Å². The summed E-state index contributed by atoms with van der Waals surface area (Å²) in [6.07, 6.45) is 2.32. The number of aromatic nitrogens is 2. The van der Waals surface area contributed by atoms with Crippen molar-refractivity contribution in [1.82, 2.24) is 14.9 Å². The fraction of sp³-hybridized carbons (Fsp3) is 0.526. The fourth-order valence-corrected chi connectivity index (χ4v) is 3.22. The summed E-state index contributed by atoms with van der Waals surface area (Å²) in [7, 11) is 0. The van der Waals surface area contributed by atoms with Crippen LogP contribution in [0.1, 0.15) is 36.9 Å². The van der Waals surface area contributed by atoms with E-state index in [1.165, 1.54) is 19.3 Å². The van der Waals surface area contributed by atoms with E-state index in [-0.39, 0.29) is 6.04 Å². The molecule has 1 saturated heterocycles. The highest BCUT2D eigenvalue weighted by Gasteiger charge is 2.38. The summed E-state index contributed by atoms with van der Waals surface area (Å²) in [5, 5.41) is 10.4. The molecule has 4 rings (SSSR count). The number of alkyl halides is 3. The molecule has 30 heavy (non-hydrogen) atoms. The SMILES string of the molecule is O=C(O)C(F)(F)F.c1coc(CNc2ccnc(C3COCCN3C3CCC3)n2)c1. The van der Waals surface area contributed by atoms with Crippen LogP contribution < -0.4 is 5.32 Å². The van der Waals surface area contributed by atoms with Gasteiger partial charge in [0.2, 0.25) is 0 Å². The van der Waals surface area contributed by atoms with E-state index in [0.29, 0.717) is 19.2 Å². The largest absolute Gasteiger partial charge is 0.490 e. The smallest absolute Gasteiger partial charge is 0.475 e. The summed E-state index contributed by atoms with van der Waals surface area (Å²) in [5.74, 6) is -0.193. The second-order valence-corrected chi connectivity index (χ2v) is 6.95. The van der Waals surface area contributed by atoms with Crippen LogP contribution in [0, 0.1) is 0 Å². The van der Waals surface area contributed by atoms with Crippen LogP contribution in [0.3, 0.4) is 0 Å². The zero-order chi connectivity index (χ0) is 21.6. The Morgan fingerprint density at radius 3 is 2.70 bits per heavy atom. The standard InChI is InChI=1S/C17H22N4O2.C2HF3O2/c1-3-13(4-1)21-8-10-22-12-15(21)17-18-7-6-16(20-17)19-11-14-5-2-9-23-14;3-2(4,5)1(6)7/h2,5-7,9,13,15H,1,3-4,8,10-12H2,(H,18,19,20);(H,6,7). The Balaban J connectivity index is 0.000000318.